The number of rotatable bonds is 10. The number of hydrogen-bond acceptors (Lipinski definition) is 7. The fourth-order valence-electron chi connectivity index (χ4n) is 5.22. The summed E-state index contributed by atoms with van der Waals surface area (Å²) in [6, 6.07) is 25.3. The molecule has 2 radical (unpaired) electrons. The van der Waals surface area contributed by atoms with Crippen LogP contribution in [-0.4, -0.2) is 27.8 Å². The predicted molar refractivity (Wildman–Crippen MR) is 169 cm³/mol. The van der Waals surface area contributed by atoms with Crippen LogP contribution in [-0.2, 0) is 5.44 Å². The van der Waals surface area contributed by atoms with E-state index in [0.29, 0.717) is 68.0 Å². The Balaban J connectivity index is 1.47. The number of halogens is 2. The molecule has 8 nitrogen and oxygen atoms in total. The zero-order valence-corrected chi connectivity index (χ0v) is 24.5. The van der Waals surface area contributed by atoms with Crippen molar-refractivity contribution in [1.29, 1.82) is 10.5 Å². The molecule has 0 aliphatic heterocycles. The number of hydrogen-bond donors (Lipinski definition) is 2. The highest BCUT2D eigenvalue weighted by Crippen LogP contribution is 2.40. The zero-order chi connectivity index (χ0) is 30.0. The van der Waals surface area contributed by atoms with E-state index in [-0.39, 0.29) is 6.04 Å². The van der Waals surface area contributed by atoms with E-state index in [1.54, 1.807) is 12.1 Å². The fraction of sp³-hybridized carbons (Fsp3) is 0.219. The lowest BCUT2D eigenvalue weighted by Gasteiger charge is -2.32. The first kappa shape index (κ1) is 28.5. The summed E-state index contributed by atoms with van der Waals surface area (Å²) in [6.45, 7) is 0. The van der Waals surface area contributed by atoms with Crippen LogP contribution < -0.4 is 10.6 Å². The maximum Gasteiger partial charge on any atom is 0.119 e. The number of nitrogens with zero attached hydrogens (tertiary/aromatic N) is 6. The molecule has 2 aromatic heterocycles. The van der Waals surface area contributed by atoms with Crippen LogP contribution in [0.15, 0.2) is 79.1 Å². The van der Waals surface area contributed by atoms with E-state index in [1.807, 2.05) is 65.5 Å². The van der Waals surface area contributed by atoms with Crippen LogP contribution in [0.2, 0.25) is 10.0 Å². The van der Waals surface area contributed by atoms with Crippen molar-refractivity contribution in [3.63, 3.8) is 0 Å². The maximum absolute atomic E-state index is 10.1. The van der Waals surface area contributed by atoms with Gasteiger partial charge < -0.3 is 10.6 Å². The minimum Gasteiger partial charge on any atom is -0.378 e. The lowest BCUT2D eigenvalue weighted by atomic mass is 9.69. The zero-order valence-electron chi connectivity index (χ0n) is 23.0. The molecule has 2 atom stereocenters. The quantitative estimate of drug-likeness (QED) is 0.161. The van der Waals surface area contributed by atoms with Gasteiger partial charge in [0.2, 0.25) is 0 Å². The van der Waals surface area contributed by atoms with Crippen molar-refractivity contribution in [3.8, 4) is 12.1 Å². The average Bonchev–Trinajstić information content (AvgIpc) is 3.75. The first-order valence-electron chi connectivity index (χ1n) is 13.9. The van der Waals surface area contributed by atoms with Crippen LogP contribution in [0.25, 0.3) is 10.9 Å². The lowest BCUT2D eigenvalue weighted by Crippen LogP contribution is -2.38. The second kappa shape index (κ2) is 12.0. The maximum atomic E-state index is 10.1. The van der Waals surface area contributed by atoms with Crippen LogP contribution in [0.1, 0.15) is 60.2 Å². The molecule has 1 unspecified atom stereocenters. The van der Waals surface area contributed by atoms with Gasteiger partial charge in [-0.05, 0) is 48.6 Å². The van der Waals surface area contributed by atoms with Crippen molar-refractivity contribution in [2.24, 2.45) is 0 Å². The molecule has 5 aromatic rings. The Morgan fingerprint density at radius 3 is 2.53 bits per heavy atom. The number of anilines is 2. The molecule has 1 aliphatic carbocycles. The highest BCUT2D eigenvalue weighted by Gasteiger charge is 2.35. The van der Waals surface area contributed by atoms with Gasteiger partial charge in [-0.1, -0.05) is 76.9 Å². The predicted octanol–water partition coefficient (Wildman–Crippen LogP) is 7.28. The molecule has 1 saturated carbocycles. The van der Waals surface area contributed by atoms with Crippen molar-refractivity contribution >= 4 is 53.3 Å². The minimum atomic E-state index is -1.37. The van der Waals surface area contributed by atoms with E-state index >= 15 is 0 Å². The van der Waals surface area contributed by atoms with Crippen LogP contribution in [0.5, 0.6) is 0 Å². The van der Waals surface area contributed by atoms with Gasteiger partial charge in [0.15, 0.2) is 0 Å². The van der Waals surface area contributed by atoms with Crippen LogP contribution >= 0.6 is 23.2 Å². The molecule has 43 heavy (non-hydrogen) atoms. The summed E-state index contributed by atoms with van der Waals surface area (Å²) >= 11 is 13.5. The van der Waals surface area contributed by atoms with Gasteiger partial charge in [0.1, 0.15) is 19.6 Å². The molecule has 0 spiro atoms. The lowest BCUT2D eigenvalue weighted by molar-refractivity contribution is 0.610. The number of nitriles is 2. The molecular formula is C32H25BCl2N8. The molecular weight excluding hydrogens is 578 g/mol. The molecule has 1 aliphatic rings. The standard InChI is InChI=1S/C32H25BCl2N8/c33-32(25-9-4-5-10-26(25)34,29-19-43(42-41-29)23-12-13-23)40-22-15-24-30(21(17-37)18-38-31(24)27(35)16-22)39-28(11-6-14-36)20-7-2-1-3-8-20/h1-5,7-10,15-16,18-19,23,28,40H,6,11-13H2,(H,38,39)/t28-,32?/m1/s1. The van der Waals surface area contributed by atoms with Crippen molar-refractivity contribution in [2.75, 3.05) is 10.6 Å². The third-order valence-corrected chi connectivity index (χ3v) is 8.20. The summed E-state index contributed by atoms with van der Waals surface area (Å²) in [5, 5.41) is 36.6. The average molecular weight is 603 g/mol. The van der Waals surface area contributed by atoms with Gasteiger partial charge in [-0.3, -0.25) is 4.98 Å². The van der Waals surface area contributed by atoms with Crippen molar-refractivity contribution < 1.29 is 0 Å². The Labute approximate surface area is 260 Å². The SMILES string of the molecule is [B]C(Nc1cc(Cl)c2ncc(C#N)c(N[C@H](CCC#N)c3ccccc3)c2c1)(c1cn(C2CC2)nn1)c1ccccc1Cl. The summed E-state index contributed by atoms with van der Waals surface area (Å²) in [5.41, 5.74) is 2.71. The highest BCUT2D eigenvalue weighted by molar-refractivity contribution is 6.36. The molecule has 11 heteroatoms. The van der Waals surface area contributed by atoms with E-state index in [9.17, 15) is 10.5 Å². The number of benzene rings is 3. The van der Waals surface area contributed by atoms with E-state index in [1.165, 1.54) is 6.20 Å². The Kier molecular flexibility index (Phi) is 7.95. The largest absolute Gasteiger partial charge is 0.378 e. The summed E-state index contributed by atoms with van der Waals surface area (Å²) in [5.74, 6) is 0. The number of aromatic nitrogens is 4. The Morgan fingerprint density at radius 2 is 1.81 bits per heavy atom. The monoisotopic (exact) mass is 602 g/mol. The van der Waals surface area contributed by atoms with Gasteiger partial charge in [0, 0.05) is 28.7 Å². The van der Waals surface area contributed by atoms with Gasteiger partial charge in [0.25, 0.3) is 0 Å². The van der Waals surface area contributed by atoms with E-state index in [4.69, 9.17) is 31.0 Å². The third kappa shape index (κ3) is 5.75. The molecule has 0 bridgehead atoms. The Morgan fingerprint density at radius 1 is 1.05 bits per heavy atom. The second-order valence-corrected chi connectivity index (χ2v) is 11.4. The van der Waals surface area contributed by atoms with Crippen molar-refractivity contribution in [3.05, 3.63) is 112 Å². The number of fused-ring (bicyclic) bond motifs is 1. The van der Waals surface area contributed by atoms with Gasteiger partial charge in [0.05, 0.1) is 51.6 Å². The van der Waals surface area contributed by atoms with Crippen LogP contribution in [0, 0.1) is 22.7 Å². The molecule has 6 rings (SSSR count). The highest BCUT2D eigenvalue weighted by atomic mass is 35.5. The van der Waals surface area contributed by atoms with E-state index in [2.05, 4.69) is 38.1 Å². The first-order valence-corrected chi connectivity index (χ1v) is 14.6. The molecule has 2 heterocycles. The molecule has 0 saturated heterocycles. The fourth-order valence-corrected chi connectivity index (χ4v) is 5.77. The molecule has 3 aromatic carbocycles. The first-order chi connectivity index (χ1) is 20.9. The summed E-state index contributed by atoms with van der Waals surface area (Å²) in [4.78, 5) is 4.50. The smallest absolute Gasteiger partial charge is 0.119 e. The molecule has 1 fully saturated rings. The minimum absolute atomic E-state index is 0.233. The Bertz CT molecular complexity index is 1880. The topological polar surface area (TPSA) is 115 Å². The summed E-state index contributed by atoms with van der Waals surface area (Å²) < 4.78 is 1.83. The van der Waals surface area contributed by atoms with Gasteiger partial charge in [-0.2, -0.15) is 10.5 Å². The summed E-state index contributed by atoms with van der Waals surface area (Å²) in [7, 11) is 7.14. The van der Waals surface area contributed by atoms with Crippen molar-refractivity contribution in [2.45, 2.75) is 43.2 Å². The van der Waals surface area contributed by atoms with E-state index in [0.717, 1.165) is 18.4 Å². The van der Waals surface area contributed by atoms with Gasteiger partial charge >= 0.3 is 0 Å². The van der Waals surface area contributed by atoms with E-state index < -0.39 is 5.44 Å². The molecule has 2 N–H and O–H groups in total. The van der Waals surface area contributed by atoms with Crippen molar-refractivity contribution in [1.82, 2.24) is 20.0 Å². The summed E-state index contributed by atoms with van der Waals surface area (Å²) in [6.07, 6.45) is 6.31. The third-order valence-electron chi connectivity index (χ3n) is 7.59. The van der Waals surface area contributed by atoms with Gasteiger partial charge in [-0.25, -0.2) is 4.68 Å². The number of nitrogens with one attached hydrogen (secondary N) is 2. The van der Waals surface area contributed by atoms with Crippen LogP contribution in [0.4, 0.5) is 11.4 Å². The Hall–Kier alpha value is -4.57. The van der Waals surface area contributed by atoms with Gasteiger partial charge in [-0.15, -0.1) is 5.10 Å². The molecule has 0 amide bonds. The van der Waals surface area contributed by atoms with Crippen LogP contribution in [0.3, 0.4) is 0 Å². The second-order valence-electron chi connectivity index (χ2n) is 10.5. The molecule has 210 valence electrons. The normalized spacial score (nSPS) is 14.8. The number of pyridine rings is 1.